The van der Waals surface area contributed by atoms with Crippen LogP contribution in [0.25, 0.3) is 11.2 Å². The van der Waals surface area contributed by atoms with Crippen LogP contribution in [-0.4, -0.2) is 49.7 Å². The van der Waals surface area contributed by atoms with Gasteiger partial charge >= 0.3 is 0 Å². The van der Waals surface area contributed by atoms with E-state index in [0.29, 0.717) is 11.9 Å². The van der Waals surface area contributed by atoms with E-state index >= 15 is 0 Å². The standard InChI is InChI=1S/C15H24ClN5/c1-4-21-15-14(11(2)18-21)17-13(7-8-16)20(15)10-12-6-5-9-19(12)3/h12H,4-10H2,1-3H3. The number of hydrogen-bond acceptors (Lipinski definition) is 3. The maximum absolute atomic E-state index is 5.98. The molecule has 3 heterocycles. The minimum Gasteiger partial charge on any atom is -0.311 e. The Bertz CT molecular complexity index is 630. The van der Waals surface area contributed by atoms with E-state index in [4.69, 9.17) is 16.6 Å². The van der Waals surface area contributed by atoms with Crippen molar-refractivity contribution >= 4 is 22.8 Å². The van der Waals surface area contributed by atoms with Gasteiger partial charge in [-0.15, -0.1) is 11.6 Å². The minimum absolute atomic E-state index is 0.594. The summed E-state index contributed by atoms with van der Waals surface area (Å²) in [6.07, 6.45) is 3.36. The summed E-state index contributed by atoms with van der Waals surface area (Å²) in [6.45, 7) is 7.23. The summed E-state index contributed by atoms with van der Waals surface area (Å²) in [5.41, 5.74) is 3.22. The number of aryl methyl sites for hydroxylation is 3. The number of alkyl halides is 1. The van der Waals surface area contributed by atoms with E-state index in [0.717, 1.165) is 42.2 Å². The number of likely N-dealkylation sites (N-methyl/N-ethyl adjacent to an activating group) is 1. The first-order valence-corrected chi connectivity index (χ1v) is 8.37. The van der Waals surface area contributed by atoms with Gasteiger partial charge in [-0.25, -0.2) is 9.67 Å². The van der Waals surface area contributed by atoms with Crippen molar-refractivity contribution in [1.29, 1.82) is 0 Å². The van der Waals surface area contributed by atoms with Crippen LogP contribution in [0.4, 0.5) is 0 Å². The largest absolute Gasteiger partial charge is 0.311 e. The molecule has 0 bridgehead atoms. The smallest absolute Gasteiger partial charge is 0.158 e. The lowest BCUT2D eigenvalue weighted by Gasteiger charge is -2.21. The second kappa shape index (κ2) is 5.97. The van der Waals surface area contributed by atoms with Crippen molar-refractivity contribution in [3.05, 3.63) is 11.5 Å². The van der Waals surface area contributed by atoms with Crippen LogP contribution in [0.2, 0.25) is 0 Å². The second-order valence-electron chi connectivity index (χ2n) is 5.93. The Morgan fingerprint density at radius 3 is 2.81 bits per heavy atom. The van der Waals surface area contributed by atoms with Crippen LogP contribution in [0.1, 0.15) is 31.3 Å². The van der Waals surface area contributed by atoms with Gasteiger partial charge < -0.3 is 9.47 Å². The molecule has 1 saturated heterocycles. The first kappa shape index (κ1) is 14.9. The maximum Gasteiger partial charge on any atom is 0.158 e. The van der Waals surface area contributed by atoms with E-state index in [1.54, 1.807) is 0 Å². The number of nitrogens with zero attached hydrogens (tertiary/aromatic N) is 5. The Labute approximate surface area is 130 Å². The van der Waals surface area contributed by atoms with Crippen LogP contribution < -0.4 is 0 Å². The fraction of sp³-hybridized carbons (Fsp3) is 0.733. The fourth-order valence-corrected chi connectivity index (χ4v) is 3.55. The molecule has 0 aromatic carbocycles. The van der Waals surface area contributed by atoms with Gasteiger partial charge in [0.2, 0.25) is 0 Å². The van der Waals surface area contributed by atoms with Gasteiger partial charge in [0.05, 0.1) is 5.69 Å². The summed E-state index contributed by atoms with van der Waals surface area (Å²) in [7, 11) is 2.22. The molecule has 0 spiro atoms. The monoisotopic (exact) mass is 309 g/mol. The van der Waals surface area contributed by atoms with Gasteiger partial charge in [-0.1, -0.05) is 0 Å². The molecule has 1 aliphatic heterocycles. The number of hydrogen-bond donors (Lipinski definition) is 0. The third kappa shape index (κ3) is 2.57. The van der Waals surface area contributed by atoms with Gasteiger partial charge in [-0.05, 0) is 40.3 Å². The molecule has 0 aliphatic carbocycles. The Balaban J connectivity index is 2.05. The molecule has 1 fully saturated rings. The van der Waals surface area contributed by atoms with Crippen molar-refractivity contribution < 1.29 is 0 Å². The van der Waals surface area contributed by atoms with Crippen LogP contribution in [0, 0.1) is 6.92 Å². The number of rotatable bonds is 5. The summed E-state index contributed by atoms with van der Waals surface area (Å²) >= 11 is 5.98. The number of halogens is 1. The van der Waals surface area contributed by atoms with Gasteiger partial charge in [0.15, 0.2) is 5.65 Å². The zero-order valence-electron chi connectivity index (χ0n) is 13.1. The number of fused-ring (bicyclic) bond motifs is 1. The average Bonchev–Trinajstić information content (AvgIpc) is 3.10. The van der Waals surface area contributed by atoms with Crippen molar-refractivity contribution in [2.45, 2.75) is 52.2 Å². The van der Waals surface area contributed by atoms with Gasteiger partial charge in [-0.3, -0.25) is 0 Å². The lowest BCUT2D eigenvalue weighted by molar-refractivity contribution is 0.281. The number of likely N-dealkylation sites (tertiary alicyclic amines) is 1. The van der Waals surface area contributed by atoms with E-state index in [9.17, 15) is 0 Å². The first-order chi connectivity index (χ1) is 10.2. The van der Waals surface area contributed by atoms with Gasteiger partial charge in [-0.2, -0.15) is 5.10 Å². The highest BCUT2D eigenvalue weighted by Gasteiger charge is 2.25. The molecule has 1 unspecified atom stereocenters. The zero-order chi connectivity index (χ0) is 15.0. The van der Waals surface area contributed by atoms with E-state index in [-0.39, 0.29) is 0 Å². The van der Waals surface area contributed by atoms with E-state index in [1.807, 2.05) is 6.92 Å². The minimum atomic E-state index is 0.594. The van der Waals surface area contributed by atoms with Crippen LogP contribution in [0.3, 0.4) is 0 Å². The molecule has 0 N–H and O–H groups in total. The fourth-order valence-electron chi connectivity index (χ4n) is 3.38. The molecular formula is C15H24ClN5. The molecule has 1 aliphatic rings. The lowest BCUT2D eigenvalue weighted by Crippen LogP contribution is -2.30. The van der Waals surface area contributed by atoms with E-state index in [2.05, 4.69) is 33.2 Å². The highest BCUT2D eigenvalue weighted by atomic mass is 35.5. The normalized spacial score (nSPS) is 19.9. The molecule has 21 heavy (non-hydrogen) atoms. The van der Waals surface area contributed by atoms with Crippen molar-refractivity contribution in [2.75, 3.05) is 19.5 Å². The topological polar surface area (TPSA) is 38.9 Å². The summed E-state index contributed by atoms with van der Waals surface area (Å²) in [5, 5.41) is 4.61. The molecule has 3 rings (SSSR count). The lowest BCUT2D eigenvalue weighted by atomic mass is 10.2. The second-order valence-corrected chi connectivity index (χ2v) is 6.31. The van der Waals surface area contributed by atoms with Crippen LogP contribution in [0.5, 0.6) is 0 Å². The van der Waals surface area contributed by atoms with Gasteiger partial charge in [0, 0.05) is 31.4 Å². The van der Waals surface area contributed by atoms with Crippen LogP contribution in [-0.2, 0) is 19.5 Å². The predicted octanol–water partition coefficient (Wildman–Crippen LogP) is 2.44. The summed E-state index contributed by atoms with van der Waals surface area (Å²) in [5.74, 6) is 1.71. The molecule has 0 amide bonds. The van der Waals surface area contributed by atoms with Crippen molar-refractivity contribution in [2.24, 2.45) is 0 Å². The summed E-state index contributed by atoms with van der Waals surface area (Å²) in [4.78, 5) is 7.27. The zero-order valence-corrected chi connectivity index (χ0v) is 13.9. The van der Waals surface area contributed by atoms with E-state index < -0.39 is 0 Å². The summed E-state index contributed by atoms with van der Waals surface area (Å²) < 4.78 is 4.43. The molecular weight excluding hydrogens is 286 g/mol. The average molecular weight is 310 g/mol. The SMILES string of the molecule is CCn1nc(C)c2nc(CCCl)n(CC3CCCN3C)c21. The van der Waals surface area contributed by atoms with E-state index in [1.165, 1.54) is 19.4 Å². The molecule has 0 radical (unpaired) electrons. The van der Waals surface area contributed by atoms with Crippen molar-refractivity contribution in [3.8, 4) is 0 Å². The summed E-state index contributed by atoms with van der Waals surface area (Å²) in [6, 6.07) is 0.594. The van der Waals surface area contributed by atoms with Gasteiger partial charge in [0.1, 0.15) is 11.3 Å². The first-order valence-electron chi connectivity index (χ1n) is 7.84. The molecule has 1 atom stereocenters. The van der Waals surface area contributed by atoms with Crippen LogP contribution in [0.15, 0.2) is 0 Å². The van der Waals surface area contributed by atoms with Crippen molar-refractivity contribution in [3.63, 3.8) is 0 Å². The molecule has 5 nitrogen and oxygen atoms in total. The Hall–Kier alpha value is -1.07. The Morgan fingerprint density at radius 2 is 2.19 bits per heavy atom. The molecule has 0 saturated carbocycles. The third-order valence-electron chi connectivity index (χ3n) is 4.56. The van der Waals surface area contributed by atoms with Crippen LogP contribution >= 0.6 is 11.6 Å². The Kier molecular flexibility index (Phi) is 4.22. The molecule has 2 aromatic rings. The van der Waals surface area contributed by atoms with Crippen molar-refractivity contribution in [1.82, 2.24) is 24.2 Å². The molecule has 116 valence electrons. The quantitative estimate of drug-likeness (QED) is 0.796. The number of imidazole rings is 1. The maximum atomic E-state index is 5.98. The predicted molar refractivity (Wildman–Crippen MR) is 86.0 cm³/mol. The Morgan fingerprint density at radius 1 is 1.38 bits per heavy atom. The third-order valence-corrected chi connectivity index (χ3v) is 4.75. The highest BCUT2D eigenvalue weighted by molar-refractivity contribution is 6.17. The van der Waals surface area contributed by atoms with Gasteiger partial charge in [0.25, 0.3) is 0 Å². The molecule has 6 heteroatoms. The molecule has 2 aromatic heterocycles. The number of aromatic nitrogens is 4. The highest BCUT2D eigenvalue weighted by Crippen LogP contribution is 2.24.